The lowest BCUT2D eigenvalue weighted by atomic mass is 9.95. The van der Waals surface area contributed by atoms with E-state index in [0.717, 1.165) is 13.1 Å². The first-order chi connectivity index (χ1) is 9.84. The van der Waals surface area contributed by atoms with Crippen molar-refractivity contribution in [3.63, 3.8) is 0 Å². The third-order valence-electron chi connectivity index (χ3n) is 4.47. The molecule has 108 valence electrons. The molecular weight excluding hydrogens is 246 g/mol. The Bertz CT molecular complexity index is 540. The van der Waals surface area contributed by atoms with Crippen LogP contribution in [0.25, 0.3) is 10.9 Å². The zero-order valence-electron chi connectivity index (χ0n) is 12.4. The maximum Gasteiger partial charge on any atom is 0.0456 e. The zero-order chi connectivity index (χ0) is 13.8. The van der Waals surface area contributed by atoms with Crippen LogP contribution in [-0.4, -0.2) is 42.6 Å². The van der Waals surface area contributed by atoms with E-state index in [1.54, 1.807) is 0 Å². The number of H-pyrrole nitrogens is 1. The van der Waals surface area contributed by atoms with Gasteiger partial charge in [0.2, 0.25) is 0 Å². The average Bonchev–Trinajstić information content (AvgIpc) is 2.92. The Morgan fingerprint density at radius 2 is 2.00 bits per heavy atom. The summed E-state index contributed by atoms with van der Waals surface area (Å²) in [5.41, 5.74) is 2.73. The van der Waals surface area contributed by atoms with Crippen LogP contribution in [0.4, 0.5) is 0 Å². The molecule has 3 nitrogen and oxygen atoms in total. The van der Waals surface area contributed by atoms with Crippen molar-refractivity contribution in [2.45, 2.75) is 25.7 Å². The summed E-state index contributed by atoms with van der Waals surface area (Å²) in [5, 5.41) is 4.80. The quantitative estimate of drug-likeness (QED) is 0.876. The first-order valence-corrected chi connectivity index (χ1v) is 7.83. The number of aromatic amines is 1. The highest BCUT2D eigenvalue weighted by atomic mass is 15.2. The standard InChI is InChI=1S/C17H25N3/c1-14(5-4-10-20-11-8-18-9-12-20)16-13-19-17-7-3-2-6-15(16)17/h2-3,6-7,13-14,18-19H,4-5,8-12H2,1H3. The van der Waals surface area contributed by atoms with Gasteiger partial charge in [-0.05, 0) is 36.9 Å². The Labute approximate surface area is 121 Å². The molecule has 1 atom stereocenters. The number of benzene rings is 1. The van der Waals surface area contributed by atoms with Gasteiger partial charge in [0.1, 0.15) is 0 Å². The predicted octanol–water partition coefficient (Wildman–Crippen LogP) is 2.96. The van der Waals surface area contributed by atoms with E-state index in [0.29, 0.717) is 5.92 Å². The van der Waals surface area contributed by atoms with E-state index in [1.165, 1.54) is 48.9 Å². The molecule has 0 amide bonds. The molecule has 20 heavy (non-hydrogen) atoms. The second-order valence-corrected chi connectivity index (χ2v) is 5.92. The summed E-state index contributed by atoms with van der Waals surface area (Å²) >= 11 is 0. The summed E-state index contributed by atoms with van der Waals surface area (Å²) in [5.74, 6) is 0.633. The number of aromatic nitrogens is 1. The van der Waals surface area contributed by atoms with Crippen molar-refractivity contribution in [1.29, 1.82) is 0 Å². The molecule has 0 radical (unpaired) electrons. The van der Waals surface area contributed by atoms with Gasteiger partial charge < -0.3 is 15.2 Å². The van der Waals surface area contributed by atoms with Gasteiger partial charge in [-0.25, -0.2) is 0 Å². The molecule has 1 aromatic carbocycles. The smallest absolute Gasteiger partial charge is 0.0456 e. The summed E-state index contributed by atoms with van der Waals surface area (Å²) in [6.07, 6.45) is 4.76. The SMILES string of the molecule is CC(CCCN1CCNCC1)c1c[nH]c2ccccc12. The van der Waals surface area contributed by atoms with Crippen LogP contribution in [0.2, 0.25) is 0 Å². The lowest BCUT2D eigenvalue weighted by Crippen LogP contribution is -2.43. The summed E-state index contributed by atoms with van der Waals surface area (Å²) in [6.45, 7) is 8.32. The van der Waals surface area contributed by atoms with Gasteiger partial charge in [-0.15, -0.1) is 0 Å². The minimum atomic E-state index is 0.633. The van der Waals surface area contributed by atoms with E-state index >= 15 is 0 Å². The number of nitrogens with one attached hydrogen (secondary N) is 2. The molecule has 3 heteroatoms. The van der Waals surface area contributed by atoms with Crippen LogP contribution in [0.15, 0.2) is 30.5 Å². The number of fused-ring (bicyclic) bond motifs is 1. The monoisotopic (exact) mass is 271 g/mol. The minimum Gasteiger partial charge on any atom is -0.361 e. The van der Waals surface area contributed by atoms with Crippen molar-refractivity contribution in [2.24, 2.45) is 0 Å². The number of hydrogen-bond donors (Lipinski definition) is 2. The Morgan fingerprint density at radius 1 is 1.20 bits per heavy atom. The van der Waals surface area contributed by atoms with Crippen molar-refractivity contribution >= 4 is 10.9 Å². The third kappa shape index (κ3) is 3.05. The molecule has 1 aromatic heterocycles. The van der Waals surface area contributed by atoms with E-state index in [4.69, 9.17) is 0 Å². The average molecular weight is 271 g/mol. The first kappa shape index (κ1) is 13.7. The maximum atomic E-state index is 3.41. The molecule has 1 aliphatic heterocycles. The second kappa shape index (κ2) is 6.42. The zero-order valence-corrected chi connectivity index (χ0v) is 12.4. The highest BCUT2D eigenvalue weighted by molar-refractivity contribution is 5.83. The van der Waals surface area contributed by atoms with E-state index in [9.17, 15) is 0 Å². The Balaban J connectivity index is 1.54. The van der Waals surface area contributed by atoms with Gasteiger partial charge in [-0.1, -0.05) is 25.1 Å². The first-order valence-electron chi connectivity index (χ1n) is 7.83. The molecule has 0 aliphatic carbocycles. The van der Waals surface area contributed by atoms with Gasteiger partial charge in [0.05, 0.1) is 0 Å². The second-order valence-electron chi connectivity index (χ2n) is 5.92. The Hall–Kier alpha value is -1.32. The van der Waals surface area contributed by atoms with Crippen molar-refractivity contribution in [2.75, 3.05) is 32.7 Å². The summed E-state index contributed by atoms with van der Waals surface area (Å²) in [6, 6.07) is 8.62. The molecule has 2 aromatic rings. The third-order valence-corrected chi connectivity index (χ3v) is 4.47. The van der Waals surface area contributed by atoms with E-state index in [2.05, 4.69) is 52.6 Å². The molecular formula is C17H25N3. The van der Waals surface area contributed by atoms with Gasteiger partial charge in [0, 0.05) is 43.3 Å². The van der Waals surface area contributed by atoms with Gasteiger partial charge in [0.25, 0.3) is 0 Å². The highest BCUT2D eigenvalue weighted by Crippen LogP contribution is 2.28. The normalized spacial score (nSPS) is 18.4. The van der Waals surface area contributed by atoms with Gasteiger partial charge >= 0.3 is 0 Å². The van der Waals surface area contributed by atoms with E-state index < -0.39 is 0 Å². The van der Waals surface area contributed by atoms with Gasteiger partial charge in [0.15, 0.2) is 0 Å². The number of para-hydroxylation sites is 1. The van der Waals surface area contributed by atoms with Crippen LogP contribution in [0, 0.1) is 0 Å². The topological polar surface area (TPSA) is 31.1 Å². The Kier molecular flexibility index (Phi) is 4.38. The molecule has 1 aliphatic rings. The van der Waals surface area contributed by atoms with Crippen LogP contribution in [-0.2, 0) is 0 Å². The fourth-order valence-corrected chi connectivity index (χ4v) is 3.21. The number of hydrogen-bond acceptors (Lipinski definition) is 2. The molecule has 0 spiro atoms. The number of rotatable bonds is 5. The molecule has 3 rings (SSSR count). The summed E-state index contributed by atoms with van der Waals surface area (Å²) < 4.78 is 0. The number of piperazine rings is 1. The molecule has 0 saturated carbocycles. The lowest BCUT2D eigenvalue weighted by molar-refractivity contribution is 0.235. The molecule has 1 unspecified atom stereocenters. The minimum absolute atomic E-state index is 0.633. The predicted molar refractivity (Wildman–Crippen MR) is 85.3 cm³/mol. The Morgan fingerprint density at radius 3 is 2.85 bits per heavy atom. The van der Waals surface area contributed by atoms with E-state index in [-0.39, 0.29) is 0 Å². The van der Waals surface area contributed by atoms with Crippen LogP contribution >= 0.6 is 0 Å². The van der Waals surface area contributed by atoms with Crippen molar-refractivity contribution in [3.05, 3.63) is 36.0 Å². The summed E-state index contributed by atoms with van der Waals surface area (Å²) in [4.78, 5) is 5.97. The molecule has 2 heterocycles. The molecule has 2 N–H and O–H groups in total. The largest absolute Gasteiger partial charge is 0.361 e. The lowest BCUT2D eigenvalue weighted by Gasteiger charge is -2.27. The van der Waals surface area contributed by atoms with E-state index in [1.807, 2.05) is 0 Å². The summed E-state index contributed by atoms with van der Waals surface area (Å²) in [7, 11) is 0. The van der Waals surface area contributed by atoms with Crippen LogP contribution in [0.3, 0.4) is 0 Å². The van der Waals surface area contributed by atoms with Crippen molar-refractivity contribution in [3.8, 4) is 0 Å². The maximum absolute atomic E-state index is 3.41. The van der Waals surface area contributed by atoms with Crippen LogP contribution in [0.5, 0.6) is 0 Å². The molecule has 0 bridgehead atoms. The van der Waals surface area contributed by atoms with Crippen LogP contribution in [0.1, 0.15) is 31.2 Å². The van der Waals surface area contributed by atoms with Crippen molar-refractivity contribution in [1.82, 2.24) is 15.2 Å². The van der Waals surface area contributed by atoms with Gasteiger partial charge in [-0.2, -0.15) is 0 Å². The number of nitrogens with zero attached hydrogens (tertiary/aromatic N) is 1. The molecule has 1 saturated heterocycles. The fraction of sp³-hybridized carbons (Fsp3) is 0.529. The molecule has 1 fully saturated rings. The van der Waals surface area contributed by atoms with Crippen LogP contribution < -0.4 is 5.32 Å². The van der Waals surface area contributed by atoms with Gasteiger partial charge in [-0.3, -0.25) is 0 Å². The highest BCUT2D eigenvalue weighted by Gasteiger charge is 2.13. The fourth-order valence-electron chi connectivity index (χ4n) is 3.21. The van der Waals surface area contributed by atoms with Crippen molar-refractivity contribution < 1.29 is 0 Å².